The van der Waals surface area contributed by atoms with Gasteiger partial charge in [-0.05, 0) is 31.4 Å². The predicted octanol–water partition coefficient (Wildman–Crippen LogP) is 2.77. The Morgan fingerprint density at radius 1 is 1.21 bits per heavy atom. The van der Waals surface area contributed by atoms with Gasteiger partial charge in [0.25, 0.3) is 0 Å². The second-order valence-corrected chi connectivity index (χ2v) is 7.40. The number of nitrogen functional groups attached to an aromatic ring is 1. The molecule has 3 heterocycles. The van der Waals surface area contributed by atoms with Gasteiger partial charge in [-0.3, -0.25) is 9.59 Å². The van der Waals surface area contributed by atoms with Crippen LogP contribution in [0.25, 0.3) is 0 Å². The summed E-state index contributed by atoms with van der Waals surface area (Å²) in [6.45, 7) is 1.70. The SMILES string of the molecule is Nc1nc(N2CCCCC2)nc2c1[C@@H](C(=O)Nc1ccccc1Cl)CC(=O)N2. The van der Waals surface area contributed by atoms with E-state index in [9.17, 15) is 9.59 Å². The largest absolute Gasteiger partial charge is 0.383 e. The van der Waals surface area contributed by atoms with Crippen molar-refractivity contribution in [2.45, 2.75) is 31.6 Å². The highest BCUT2D eigenvalue weighted by molar-refractivity contribution is 6.33. The maximum atomic E-state index is 12.9. The Bertz CT molecular complexity index is 929. The monoisotopic (exact) mass is 400 g/mol. The van der Waals surface area contributed by atoms with Gasteiger partial charge in [0.05, 0.1) is 22.2 Å². The lowest BCUT2D eigenvalue weighted by Crippen LogP contribution is -2.35. The molecule has 0 unspecified atom stereocenters. The number of fused-ring (bicyclic) bond motifs is 1. The summed E-state index contributed by atoms with van der Waals surface area (Å²) in [4.78, 5) is 36.1. The number of nitrogens with one attached hydrogen (secondary N) is 2. The quantitative estimate of drug-likeness (QED) is 0.730. The smallest absolute Gasteiger partial charge is 0.232 e. The van der Waals surface area contributed by atoms with Gasteiger partial charge in [0, 0.05) is 19.5 Å². The molecule has 146 valence electrons. The van der Waals surface area contributed by atoms with E-state index in [1.54, 1.807) is 24.3 Å². The number of benzene rings is 1. The number of rotatable bonds is 3. The molecule has 0 aliphatic carbocycles. The van der Waals surface area contributed by atoms with E-state index in [2.05, 4.69) is 25.5 Å². The topological polar surface area (TPSA) is 113 Å². The Morgan fingerprint density at radius 2 is 1.96 bits per heavy atom. The minimum Gasteiger partial charge on any atom is -0.383 e. The van der Waals surface area contributed by atoms with Crippen molar-refractivity contribution in [1.29, 1.82) is 0 Å². The summed E-state index contributed by atoms with van der Waals surface area (Å²) in [5.41, 5.74) is 7.14. The molecule has 1 aromatic heterocycles. The van der Waals surface area contributed by atoms with Crippen LogP contribution in [0.5, 0.6) is 0 Å². The van der Waals surface area contributed by atoms with Gasteiger partial charge < -0.3 is 21.3 Å². The number of halogens is 1. The number of para-hydroxylation sites is 1. The fraction of sp³-hybridized carbons (Fsp3) is 0.368. The van der Waals surface area contributed by atoms with Crippen LogP contribution >= 0.6 is 11.6 Å². The molecule has 0 saturated carbocycles. The molecule has 0 radical (unpaired) electrons. The number of nitrogens with zero attached hydrogens (tertiary/aromatic N) is 3. The number of hydrogen-bond acceptors (Lipinski definition) is 6. The molecule has 1 atom stereocenters. The maximum Gasteiger partial charge on any atom is 0.232 e. The van der Waals surface area contributed by atoms with Crippen LogP contribution in [0.15, 0.2) is 24.3 Å². The fourth-order valence-electron chi connectivity index (χ4n) is 3.63. The number of aromatic nitrogens is 2. The zero-order chi connectivity index (χ0) is 19.7. The summed E-state index contributed by atoms with van der Waals surface area (Å²) in [6.07, 6.45) is 3.28. The Morgan fingerprint density at radius 3 is 2.71 bits per heavy atom. The maximum absolute atomic E-state index is 12.9. The Labute approximate surface area is 167 Å². The number of anilines is 4. The van der Waals surface area contributed by atoms with Crippen molar-refractivity contribution in [1.82, 2.24) is 9.97 Å². The summed E-state index contributed by atoms with van der Waals surface area (Å²) in [5.74, 6) is -0.424. The molecule has 28 heavy (non-hydrogen) atoms. The lowest BCUT2D eigenvalue weighted by Gasteiger charge is -2.30. The van der Waals surface area contributed by atoms with Crippen molar-refractivity contribution in [2.75, 3.05) is 34.4 Å². The molecule has 2 aromatic rings. The first-order valence-corrected chi connectivity index (χ1v) is 9.68. The van der Waals surface area contributed by atoms with Crippen LogP contribution in [0.1, 0.15) is 37.2 Å². The highest BCUT2D eigenvalue weighted by Crippen LogP contribution is 2.37. The summed E-state index contributed by atoms with van der Waals surface area (Å²) >= 11 is 6.13. The second-order valence-electron chi connectivity index (χ2n) is 6.99. The van der Waals surface area contributed by atoms with Gasteiger partial charge in [0.2, 0.25) is 17.8 Å². The van der Waals surface area contributed by atoms with E-state index in [-0.39, 0.29) is 24.1 Å². The number of carbonyl (C=O) groups excluding carboxylic acids is 2. The molecule has 4 rings (SSSR count). The Balaban J connectivity index is 1.65. The molecule has 0 spiro atoms. The minimum atomic E-state index is -0.782. The van der Waals surface area contributed by atoms with E-state index >= 15 is 0 Å². The predicted molar refractivity (Wildman–Crippen MR) is 109 cm³/mol. The van der Waals surface area contributed by atoms with Crippen LogP contribution < -0.4 is 21.3 Å². The highest BCUT2D eigenvalue weighted by Gasteiger charge is 2.35. The van der Waals surface area contributed by atoms with Gasteiger partial charge in [-0.15, -0.1) is 0 Å². The van der Waals surface area contributed by atoms with E-state index in [0.29, 0.717) is 28.0 Å². The van der Waals surface area contributed by atoms with Gasteiger partial charge in [-0.1, -0.05) is 23.7 Å². The number of amides is 2. The summed E-state index contributed by atoms with van der Waals surface area (Å²) in [7, 11) is 0. The van der Waals surface area contributed by atoms with E-state index in [0.717, 1.165) is 25.9 Å². The van der Waals surface area contributed by atoms with Crippen molar-refractivity contribution in [3.8, 4) is 0 Å². The zero-order valence-electron chi connectivity index (χ0n) is 15.2. The molecule has 2 amide bonds. The molecule has 9 heteroatoms. The highest BCUT2D eigenvalue weighted by atomic mass is 35.5. The van der Waals surface area contributed by atoms with Gasteiger partial charge in [-0.2, -0.15) is 9.97 Å². The second kappa shape index (κ2) is 7.63. The third kappa shape index (κ3) is 3.60. The average Bonchev–Trinajstić information content (AvgIpc) is 2.69. The van der Waals surface area contributed by atoms with Crippen molar-refractivity contribution in [2.24, 2.45) is 0 Å². The van der Waals surface area contributed by atoms with Crippen LogP contribution in [-0.2, 0) is 9.59 Å². The summed E-state index contributed by atoms with van der Waals surface area (Å²) < 4.78 is 0. The normalized spacial score (nSPS) is 19.0. The van der Waals surface area contributed by atoms with Crippen LogP contribution in [0.4, 0.5) is 23.3 Å². The molecular weight excluding hydrogens is 380 g/mol. The lowest BCUT2D eigenvalue weighted by atomic mass is 9.92. The van der Waals surface area contributed by atoms with Gasteiger partial charge in [0.15, 0.2) is 0 Å². The molecule has 2 aliphatic rings. The molecular formula is C19H21ClN6O2. The molecule has 8 nitrogen and oxygen atoms in total. The average molecular weight is 401 g/mol. The van der Waals surface area contributed by atoms with Crippen molar-refractivity contribution in [3.05, 3.63) is 34.9 Å². The zero-order valence-corrected chi connectivity index (χ0v) is 16.0. The van der Waals surface area contributed by atoms with Crippen molar-refractivity contribution < 1.29 is 9.59 Å². The number of hydrogen-bond donors (Lipinski definition) is 3. The van der Waals surface area contributed by atoms with Crippen molar-refractivity contribution >= 4 is 46.7 Å². The molecule has 1 fully saturated rings. The van der Waals surface area contributed by atoms with Crippen LogP contribution in [0.3, 0.4) is 0 Å². The molecule has 1 saturated heterocycles. The van der Waals surface area contributed by atoms with Gasteiger partial charge >= 0.3 is 0 Å². The van der Waals surface area contributed by atoms with E-state index in [1.807, 2.05) is 0 Å². The summed E-state index contributed by atoms with van der Waals surface area (Å²) in [6, 6.07) is 6.92. The standard InChI is InChI=1S/C19H21ClN6O2/c20-12-6-2-3-7-13(12)22-18(28)11-10-14(27)23-17-15(11)16(21)24-19(25-17)26-8-4-1-5-9-26/h2-3,6-7,11H,1,4-5,8-10H2,(H,22,28)(H3,21,23,24,25,27)/t11-/m0/s1. The van der Waals surface area contributed by atoms with Gasteiger partial charge in [-0.25, -0.2) is 0 Å². The third-order valence-electron chi connectivity index (χ3n) is 5.05. The lowest BCUT2D eigenvalue weighted by molar-refractivity contribution is -0.123. The van der Waals surface area contributed by atoms with Crippen LogP contribution in [-0.4, -0.2) is 34.9 Å². The first-order valence-electron chi connectivity index (χ1n) is 9.30. The van der Waals surface area contributed by atoms with Gasteiger partial charge in [0.1, 0.15) is 11.6 Å². The first-order chi connectivity index (χ1) is 13.5. The van der Waals surface area contributed by atoms with Crippen molar-refractivity contribution in [3.63, 3.8) is 0 Å². The Kier molecular flexibility index (Phi) is 5.04. The number of nitrogens with two attached hydrogens (primary N) is 1. The molecule has 4 N–H and O–H groups in total. The number of piperidine rings is 1. The van der Waals surface area contributed by atoms with E-state index in [4.69, 9.17) is 17.3 Å². The van der Waals surface area contributed by atoms with Crippen LogP contribution in [0, 0.1) is 0 Å². The Hall–Kier alpha value is -2.87. The first kappa shape index (κ1) is 18.5. The minimum absolute atomic E-state index is 0.0279. The van der Waals surface area contributed by atoms with E-state index < -0.39 is 5.92 Å². The molecule has 0 bridgehead atoms. The molecule has 1 aromatic carbocycles. The summed E-state index contributed by atoms with van der Waals surface area (Å²) in [5, 5.41) is 5.93. The fourth-order valence-corrected chi connectivity index (χ4v) is 3.81. The number of carbonyl (C=O) groups is 2. The van der Waals surface area contributed by atoms with E-state index in [1.165, 1.54) is 6.42 Å². The molecule has 2 aliphatic heterocycles. The van der Waals surface area contributed by atoms with Crippen LogP contribution in [0.2, 0.25) is 5.02 Å². The third-order valence-corrected chi connectivity index (χ3v) is 5.38.